The van der Waals surface area contributed by atoms with E-state index in [9.17, 15) is 9.59 Å². The number of esters is 1. The Morgan fingerprint density at radius 1 is 1.22 bits per heavy atom. The third kappa shape index (κ3) is 4.78. The van der Waals surface area contributed by atoms with Crippen LogP contribution >= 0.6 is 11.3 Å². The highest BCUT2D eigenvalue weighted by Gasteiger charge is 2.29. The Labute approximate surface area is 164 Å². The third-order valence-electron chi connectivity index (χ3n) is 5.16. The van der Waals surface area contributed by atoms with Gasteiger partial charge in [-0.1, -0.05) is 43.7 Å². The largest absolute Gasteiger partial charge is 0.462 e. The summed E-state index contributed by atoms with van der Waals surface area (Å²) in [7, 11) is 0. The molecule has 5 heteroatoms. The zero-order valence-electron chi connectivity index (χ0n) is 16.0. The monoisotopic (exact) mass is 385 g/mol. The first-order valence-electron chi connectivity index (χ1n) is 9.77. The van der Waals surface area contributed by atoms with Gasteiger partial charge in [-0.3, -0.25) is 4.79 Å². The number of anilines is 1. The van der Waals surface area contributed by atoms with Crippen LogP contribution in [0, 0.1) is 5.92 Å². The van der Waals surface area contributed by atoms with E-state index in [-0.39, 0.29) is 11.9 Å². The molecule has 0 saturated heterocycles. The van der Waals surface area contributed by atoms with Crippen LogP contribution in [0.15, 0.2) is 30.3 Å². The van der Waals surface area contributed by atoms with E-state index in [0.717, 1.165) is 36.8 Å². The number of carbonyl (C=O) groups is 2. The summed E-state index contributed by atoms with van der Waals surface area (Å²) in [5.74, 6) is 0.283. The molecule has 0 spiro atoms. The van der Waals surface area contributed by atoms with Gasteiger partial charge in [-0.25, -0.2) is 4.79 Å². The Morgan fingerprint density at radius 2 is 2.00 bits per heavy atom. The lowest BCUT2D eigenvalue weighted by Gasteiger charge is -2.20. The molecule has 0 radical (unpaired) electrons. The first-order valence-corrected chi connectivity index (χ1v) is 10.6. The molecule has 1 aliphatic carbocycles. The van der Waals surface area contributed by atoms with Crippen molar-refractivity contribution in [2.45, 2.75) is 52.4 Å². The summed E-state index contributed by atoms with van der Waals surface area (Å²) in [5.41, 5.74) is 2.80. The van der Waals surface area contributed by atoms with Crippen molar-refractivity contribution in [3.63, 3.8) is 0 Å². The van der Waals surface area contributed by atoms with Crippen LogP contribution in [0.1, 0.15) is 59.5 Å². The van der Waals surface area contributed by atoms with E-state index >= 15 is 0 Å². The number of benzene rings is 1. The molecule has 4 nitrogen and oxygen atoms in total. The molecule has 1 atom stereocenters. The van der Waals surface area contributed by atoms with Crippen molar-refractivity contribution in [2.24, 2.45) is 5.92 Å². The van der Waals surface area contributed by atoms with Crippen LogP contribution in [-0.4, -0.2) is 18.5 Å². The van der Waals surface area contributed by atoms with Crippen molar-refractivity contribution < 1.29 is 14.3 Å². The van der Waals surface area contributed by atoms with Crippen molar-refractivity contribution in [3.8, 4) is 0 Å². The minimum Gasteiger partial charge on any atom is -0.462 e. The van der Waals surface area contributed by atoms with Gasteiger partial charge in [-0.2, -0.15) is 0 Å². The molecule has 1 aromatic heterocycles. The molecule has 1 heterocycles. The predicted octanol–water partition coefficient (Wildman–Crippen LogP) is 5.01. The first kappa shape index (κ1) is 19.6. The van der Waals surface area contributed by atoms with Gasteiger partial charge in [0.1, 0.15) is 5.00 Å². The molecule has 0 unspecified atom stereocenters. The number of nitrogens with one attached hydrogen (secondary N) is 1. The Morgan fingerprint density at radius 3 is 2.70 bits per heavy atom. The highest BCUT2D eigenvalue weighted by molar-refractivity contribution is 7.17. The van der Waals surface area contributed by atoms with Crippen LogP contribution < -0.4 is 5.32 Å². The maximum absolute atomic E-state index is 12.5. The fourth-order valence-corrected chi connectivity index (χ4v) is 4.97. The predicted molar refractivity (Wildman–Crippen MR) is 109 cm³/mol. The molecule has 3 rings (SSSR count). The van der Waals surface area contributed by atoms with Gasteiger partial charge in [-0.15, -0.1) is 11.3 Å². The molecule has 0 aliphatic heterocycles. The van der Waals surface area contributed by atoms with E-state index in [4.69, 9.17) is 4.74 Å². The zero-order chi connectivity index (χ0) is 19.2. The van der Waals surface area contributed by atoms with Gasteiger partial charge in [0.25, 0.3) is 0 Å². The van der Waals surface area contributed by atoms with Crippen LogP contribution in [0.4, 0.5) is 5.00 Å². The van der Waals surface area contributed by atoms with Gasteiger partial charge in [0, 0.05) is 11.3 Å². The SMILES string of the molecule is CCOC(=O)c1c(NC(=O)CCc2ccccc2)sc2c1CC[C@@H](CC)C2. The minimum absolute atomic E-state index is 0.0601. The number of ether oxygens (including phenoxy) is 1. The molecule has 2 aromatic rings. The Bertz CT molecular complexity index is 797. The quantitative estimate of drug-likeness (QED) is 0.682. The second kappa shape index (κ2) is 9.18. The standard InChI is InChI=1S/C22H27NO3S/c1-3-15-10-12-17-18(14-15)27-21(20(17)22(25)26-4-2)23-19(24)13-11-16-8-6-5-7-9-16/h5-9,15H,3-4,10-14H2,1-2H3,(H,23,24)/t15-/m1/s1. The average molecular weight is 386 g/mol. The molecule has 1 amide bonds. The maximum atomic E-state index is 12.5. The molecular formula is C22H27NO3S. The number of fused-ring (bicyclic) bond motifs is 1. The van der Waals surface area contributed by atoms with E-state index in [2.05, 4.69) is 12.2 Å². The van der Waals surface area contributed by atoms with Gasteiger partial charge >= 0.3 is 5.97 Å². The fourth-order valence-electron chi connectivity index (χ4n) is 3.60. The van der Waals surface area contributed by atoms with Gasteiger partial charge < -0.3 is 10.1 Å². The molecule has 0 bridgehead atoms. The molecule has 1 aliphatic rings. The number of rotatable bonds is 7. The van der Waals surface area contributed by atoms with E-state index in [0.29, 0.717) is 35.9 Å². The van der Waals surface area contributed by atoms with Gasteiger partial charge in [0.2, 0.25) is 5.91 Å². The van der Waals surface area contributed by atoms with Crippen molar-refractivity contribution in [1.82, 2.24) is 0 Å². The van der Waals surface area contributed by atoms with E-state index < -0.39 is 0 Å². The Kier molecular flexibility index (Phi) is 6.67. The van der Waals surface area contributed by atoms with Crippen molar-refractivity contribution >= 4 is 28.2 Å². The number of amides is 1. The number of hydrogen-bond donors (Lipinski definition) is 1. The Hall–Kier alpha value is -2.14. The summed E-state index contributed by atoms with van der Waals surface area (Å²) in [4.78, 5) is 26.3. The summed E-state index contributed by atoms with van der Waals surface area (Å²) in [6.45, 7) is 4.35. The van der Waals surface area contributed by atoms with Gasteiger partial charge in [0.05, 0.1) is 12.2 Å². The molecular weight excluding hydrogens is 358 g/mol. The van der Waals surface area contributed by atoms with Gasteiger partial charge in [-0.05, 0) is 49.7 Å². The second-order valence-electron chi connectivity index (χ2n) is 6.98. The van der Waals surface area contributed by atoms with E-state index in [1.54, 1.807) is 11.3 Å². The molecule has 1 N–H and O–H groups in total. The summed E-state index contributed by atoms with van der Waals surface area (Å²) in [5, 5.41) is 3.65. The summed E-state index contributed by atoms with van der Waals surface area (Å²) >= 11 is 1.55. The smallest absolute Gasteiger partial charge is 0.341 e. The number of thiophene rings is 1. The molecule has 144 valence electrons. The lowest BCUT2D eigenvalue weighted by atomic mass is 9.85. The number of aryl methyl sites for hydroxylation is 1. The first-order chi connectivity index (χ1) is 13.1. The topological polar surface area (TPSA) is 55.4 Å². The molecule has 0 fully saturated rings. The number of carbonyl (C=O) groups excluding carboxylic acids is 2. The van der Waals surface area contributed by atoms with E-state index in [1.165, 1.54) is 4.88 Å². The highest BCUT2D eigenvalue weighted by Crippen LogP contribution is 2.40. The van der Waals surface area contributed by atoms with Crippen molar-refractivity contribution in [3.05, 3.63) is 51.9 Å². The van der Waals surface area contributed by atoms with Crippen molar-refractivity contribution in [2.75, 3.05) is 11.9 Å². The van der Waals surface area contributed by atoms with Crippen molar-refractivity contribution in [1.29, 1.82) is 0 Å². The van der Waals surface area contributed by atoms with Crippen LogP contribution in [0.2, 0.25) is 0 Å². The summed E-state index contributed by atoms with van der Waals surface area (Å²) in [6, 6.07) is 9.96. The number of hydrogen-bond acceptors (Lipinski definition) is 4. The normalized spacial score (nSPS) is 15.9. The van der Waals surface area contributed by atoms with Crippen LogP contribution in [0.25, 0.3) is 0 Å². The van der Waals surface area contributed by atoms with Crippen LogP contribution in [0.5, 0.6) is 0 Å². The highest BCUT2D eigenvalue weighted by atomic mass is 32.1. The third-order valence-corrected chi connectivity index (χ3v) is 6.33. The lowest BCUT2D eigenvalue weighted by Crippen LogP contribution is -2.17. The van der Waals surface area contributed by atoms with Gasteiger partial charge in [0.15, 0.2) is 0 Å². The van der Waals surface area contributed by atoms with Crippen LogP contribution in [0.3, 0.4) is 0 Å². The second-order valence-corrected chi connectivity index (χ2v) is 8.08. The van der Waals surface area contributed by atoms with Crippen LogP contribution in [-0.2, 0) is 28.8 Å². The zero-order valence-corrected chi connectivity index (χ0v) is 16.9. The van der Waals surface area contributed by atoms with E-state index in [1.807, 2.05) is 37.3 Å². The maximum Gasteiger partial charge on any atom is 0.341 e. The Balaban J connectivity index is 1.76. The fraction of sp³-hybridized carbons (Fsp3) is 0.455. The summed E-state index contributed by atoms with van der Waals surface area (Å²) in [6.07, 6.45) is 5.19. The summed E-state index contributed by atoms with van der Waals surface area (Å²) < 4.78 is 5.27. The molecule has 0 saturated carbocycles. The minimum atomic E-state index is -0.316. The molecule has 27 heavy (non-hydrogen) atoms. The molecule has 1 aromatic carbocycles. The average Bonchev–Trinajstić information content (AvgIpc) is 3.04. The lowest BCUT2D eigenvalue weighted by molar-refractivity contribution is -0.116.